The van der Waals surface area contributed by atoms with Crippen LogP contribution >= 0.6 is 11.6 Å². The van der Waals surface area contributed by atoms with Crippen LogP contribution in [0.1, 0.15) is 23.9 Å². The normalized spacial score (nSPS) is 17.2. The molecular formula is C20H19ClFN3O. The van der Waals surface area contributed by atoms with Crippen molar-refractivity contribution in [2.24, 2.45) is 0 Å². The molecule has 134 valence electrons. The number of amides is 1. The van der Waals surface area contributed by atoms with Crippen LogP contribution in [0.5, 0.6) is 0 Å². The predicted molar refractivity (Wildman–Crippen MR) is 99.8 cm³/mol. The van der Waals surface area contributed by atoms with Gasteiger partial charge in [0, 0.05) is 23.7 Å². The molecule has 1 saturated heterocycles. The van der Waals surface area contributed by atoms with E-state index in [0.29, 0.717) is 18.1 Å². The van der Waals surface area contributed by atoms with Crippen LogP contribution in [0, 0.1) is 12.7 Å². The number of aryl methyl sites for hydroxylation is 1. The van der Waals surface area contributed by atoms with Crippen molar-refractivity contribution in [3.05, 3.63) is 64.7 Å². The maximum atomic E-state index is 14.0. The first-order valence-electron chi connectivity index (χ1n) is 8.69. The number of hydrogen-bond acceptors (Lipinski definition) is 2. The molecule has 0 aliphatic carbocycles. The molecule has 0 bridgehead atoms. The van der Waals surface area contributed by atoms with E-state index in [1.54, 1.807) is 17.0 Å². The van der Waals surface area contributed by atoms with Crippen LogP contribution in [0.25, 0.3) is 11.0 Å². The Morgan fingerprint density at radius 1 is 1.27 bits per heavy atom. The SMILES string of the molecule is Cc1nc2ccccc2n1[C@@H]1CCN(C(=O)Cc2c(F)cccc2Cl)C1. The maximum Gasteiger partial charge on any atom is 0.227 e. The van der Waals surface area contributed by atoms with Gasteiger partial charge in [0.25, 0.3) is 0 Å². The fourth-order valence-corrected chi connectivity index (χ4v) is 4.00. The molecule has 26 heavy (non-hydrogen) atoms. The molecule has 0 spiro atoms. The Balaban J connectivity index is 1.53. The minimum Gasteiger partial charge on any atom is -0.340 e. The number of para-hydroxylation sites is 2. The first-order valence-corrected chi connectivity index (χ1v) is 9.06. The highest BCUT2D eigenvalue weighted by Crippen LogP contribution is 2.29. The summed E-state index contributed by atoms with van der Waals surface area (Å²) in [4.78, 5) is 19.1. The van der Waals surface area contributed by atoms with E-state index < -0.39 is 5.82 Å². The molecule has 1 fully saturated rings. The molecule has 3 aromatic rings. The second kappa shape index (κ2) is 6.72. The lowest BCUT2D eigenvalue weighted by Crippen LogP contribution is -2.31. The summed E-state index contributed by atoms with van der Waals surface area (Å²) in [6, 6.07) is 12.7. The van der Waals surface area contributed by atoms with Gasteiger partial charge in [-0.25, -0.2) is 9.37 Å². The monoisotopic (exact) mass is 371 g/mol. The van der Waals surface area contributed by atoms with E-state index >= 15 is 0 Å². The van der Waals surface area contributed by atoms with Crippen LogP contribution in [0.2, 0.25) is 5.02 Å². The van der Waals surface area contributed by atoms with Gasteiger partial charge in [-0.2, -0.15) is 0 Å². The number of rotatable bonds is 3. The lowest BCUT2D eigenvalue weighted by Gasteiger charge is -2.19. The van der Waals surface area contributed by atoms with E-state index in [0.717, 1.165) is 23.3 Å². The van der Waals surface area contributed by atoms with E-state index in [9.17, 15) is 9.18 Å². The number of fused-ring (bicyclic) bond motifs is 1. The van der Waals surface area contributed by atoms with Crippen LogP contribution in [-0.2, 0) is 11.2 Å². The highest BCUT2D eigenvalue weighted by molar-refractivity contribution is 6.31. The molecule has 1 aliphatic rings. The second-order valence-corrected chi connectivity index (χ2v) is 7.08. The Labute approximate surface area is 156 Å². The molecule has 2 aromatic carbocycles. The van der Waals surface area contributed by atoms with Crippen LogP contribution in [0.3, 0.4) is 0 Å². The number of halogens is 2. The summed E-state index contributed by atoms with van der Waals surface area (Å²) < 4.78 is 16.2. The molecule has 1 aliphatic heterocycles. The van der Waals surface area contributed by atoms with Crippen molar-refractivity contribution < 1.29 is 9.18 Å². The van der Waals surface area contributed by atoms with Crippen molar-refractivity contribution in [1.29, 1.82) is 0 Å². The predicted octanol–water partition coefficient (Wildman–Crippen LogP) is 4.15. The van der Waals surface area contributed by atoms with Crippen molar-refractivity contribution in [1.82, 2.24) is 14.5 Å². The second-order valence-electron chi connectivity index (χ2n) is 6.68. The van der Waals surface area contributed by atoms with Gasteiger partial charge in [-0.1, -0.05) is 29.8 Å². The van der Waals surface area contributed by atoms with Gasteiger partial charge in [0.05, 0.1) is 23.5 Å². The van der Waals surface area contributed by atoms with Crippen molar-refractivity contribution in [2.75, 3.05) is 13.1 Å². The van der Waals surface area contributed by atoms with Gasteiger partial charge in [0.15, 0.2) is 0 Å². The summed E-state index contributed by atoms with van der Waals surface area (Å²) in [7, 11) is 0. The zero-order valence-electron chi connectivity index (χ0n) is 14.5. The van der Waals surface area contributed by atoms with Crippen LogP contribution in [0.4, 0.5) is 4.39 Å². The van der Waals surface area contributed by atoms with E-state index in [-0.39, 0.29) is 23.9 Å². The minimum atomic E-state index is -0.432. The molecule has 6 heteroatoms. The molecule has 0 saturated carbocycles. The molecule has 4 nitrogen and oxygen atoms in total. The zero-order chi connectivity index (χ0) is 18.3. The summed E-state index contributed by atoms with van der Waals surface area (Å²) >= 11 is 6.05. The summed E-state index contributed by atoms with van der Waals surface area (Å²) in [6.45, 7) is 3.25. The van der Waals surface area contributed by atoms with Crippen molar-refractivity contribution in [3.8, 4) is 0 Å². The molecule has 4 rings (SSSR count). The lowest BCUT2D eigenvalue weighted by atomic mass is 10.1. The average Bonchev–Trinajstić information content (AvgIpc) is 3.21. The van der Waals surface area contributed by atoms with E-state index in [1.807, 2.05) is 25.1 Å². The first-order chi connectivity index (χ1) is 12.5. The fourth-order valence-electron chi connectivity index (χ4n) is 3.77. The summed E-state index contributed by atoms with van der Waals surface area (Å²) in [5, 5.41) is 0.297. The highest BCUT2D eigenvalue weighted by atomic mass is 35.5. The standard InChI is InChI=1S/C20H19ClFN3O/c1-13-23-18-7-2-3-8-19(18)25(13)14-9-10-24(12-14)20(26)11-15-16(21)5-4-6-17(15)22/h2-8,14H,9-12H2,1H3/t14-/m1/s1. The lowest BCUT2D eigenvalue weighted by molar-refractivity contribution is -0.129. The zero-order valence-corrected chi connectivity index (χ0v) is 15.2. The number of likely N-dealkylation sites (tertiary alicyclic amines) is 1. The third-order valence-electron chi connectivity index (χ3n) is 5.04. The fraction of sp³-hybridized carbons (Fsp3) is 0.300. The first kappa shape index (κ1) is 17.0. The number of benzene rings is 2. The van der Waals surface area contributed by atoms with E-state index in [2.05, 4.69) is 15.6 Å². The van der Waals surface area contributed by atoms with Gasteiger partial charge >= 0.3 is 0 Å². The van der Waals surface area contributed by atoms with Crippen LogP contribution in [0.15, 0.2) is 42.5 Å². The molecule has 1 amide bonds. The minimum absolute atomic E-state index is 0.0120. The Morgan fingerprint density at radius 2 is 2.08 bits per heavy atom. The van der Waals surface area contributed by atoms with Gasteiger partial charge in [0.2, 0.25) is 5.91 Å². The number of aromatic nitrogens is 2. The Morgan fingerprint density at radius 3 is 2.88 bits per heavy atom. The van der Waals surface area contributed by atoms with Gasteiger partial charge in [-0.15, -0.1) is 0 Å². The largest absolute Gasteiger partial charge is 0.340 e. The van der Waals surface area contributed by atoms with Crippen molar-refractivity contribution >= 4 is 28.5 Å². The van der Waals surface area contributed by atoms with Gasteiger partial charge in [0.1, 0.15) is 11.6 Å². The summed E-state index contributed by atoms with van der Waals surface area (Å²) in [5.74, 6) is 0.419. The Kier molecular flexibility index (Phi) is 4.41. The number of imidazole rings is 1. The van der Waals surface area contributed by atoms with E-state index in [4.69, 9.17) is 11.6 Å². The topological polar surface area (TPSA) is 38.1 Å². The number of nitrogens with zero attached hydrogens (tertiary/aromatic N) is 3. The quantitative estimate of drug-likeness (QED) is 0.693. The van der Waals surface area contributed by atoms with Crippen molar-refractivity contribution in [2.45, 2.75) is 25.8 Å². The Hall–Kier alpha value is -2.40. The summed E-state index contributed by atoms with van der Waals surface area (Å²) in [6.07, 6.45) is 0.847. The highest BCUT2D eigenvalue weighted by Gasteiger charge is 2.29. The van der Waals surface area contributed by atoms with Crippen LogP contribution < -0.4 is 0 Å². The smallest absolute Gasteiger partial charge is 0.227 e. The molecule has 1 aromatic heterocycles. The van der Waals surface area contributed by atoms with Crippen molar-refractivity contribution in [3.63, 3.8) is 0 Å². The molecule has 2 heterocycles. The Bertz CT molecular complexity index is 964. The van der Waals surface area contributed by atoms with Gasteiger partial charge < -0.3 is 9.47 Å². The average molecular weight is 372 g/mol. The molecular weight excluding hydrogens is 353 g/mol. The third-order valence-corrected chi connectivity index (χ3v) is 5.40. The third kappa shape index (κ3) is 2.97. The van der Waals surface area contributed by atoms with Gasteiger partial charge in [-0.05, 0) is 37.6 Å². The molecule has 0 radical (unpaired) electrons. The number of carbonyl (C=O) groups excluding carboxylic acids is 1. The number of carbonyl (C=O) groups is 1. The maximum absolute atomic E-state index is 14.0. The number of hydrogen-bond donors (Lipinski definition) is 0. The summed E-state index contributed by atoms with van der Waals surface area (Å²) in [5.41, 5.74) is 2.32. The van der Waals surface area contributed by atoms with Crippen LogP contribution in [-0.4, -0.2) is 33.4 Å². The molecule has 0 unspecified atom stereocenters. The molecule has 0 N–H and O–H groups in total. The molecule has 1 atom stereocenters. The van der Waals surface area contributed by atoms with E-state index in [1.165, 1.54) is 6.07 Å². The van der Waals surface area contributed by atoms with Gasteiger partial charge in [-0.3, -0.25) is 4.79 Å².